The number of halogens is 2. The molecule has 0 bridgehead atoms. The molecular formula is C12H13BrFNO3. The zero-order valence-electron chi connectivity index (χ0n) is 10.1. The number of nitrogens with zero attached hydrogens (tertiary/aromatic N) is 1. The second kappa shape index (κ2) is 6.49. The van der Waals surface area contributed by atoms with E-state index < -0.39 is 17.7 Å². The molecule has 0 fully saturated rings. The smallest absolute Gasteiger partial charge is 0.325 e. The number of carbonyl (C=O) groups excluding carboxylic acids is 2. The molecule has 0 aliphatic rings. The van der Waals surface area contributed by atoms with Crippen LogP contribution in [0.15, 0.2) is 22.7 Å². The van der Waals surface area contributed by atoms with Crippen molar-refractivity contribution >= 4 is 27.8 Å². The third-order valence-electron chi connectivity index (χ3n) is 2.19. The fourth-order valence-electron chi connectivity index (χ4n) is 1.37. The van der Waals surface area contributed by atoms with E-state index >= 15 is 0 Å². The van der Waals surface area contributed by atoms with Crippen molar-refractivity contribution in [2.75, 3.05) is 20.2 Å². The molecular weight excluding hydrogens is 305 g/mol. The van der Waals surface area contributed by atoms with Crippen molar-refractivity contribution in [2.45, 2.75) is 6.92 Å². The Morgan fingerprint density at radius 3 is 2.67 bits per heavy atom. The zero-order valence-corrected chi connectivity index (χ0v) is 11.7. The van der Waals surface area contributed by atoms with E-state index in [9.17, 15) is 14.0 Å². The molecule has 4 nitrogen and oxygen atoms in total. The molecule has 0 aliphatic carbocycles. The number of esters is 1. The average molecular weight is 318 g/mol. The number of rotatable bonds is 4. The Morgan fingerprint density at radius 1 is 1.44 bits per heavy atom. The summed E-state index contributed by atoms with van der Waals surface area (Å²) >= 11 is 3.11. The summed E-state index contributed by atoms with van der Waals surface area (Å²) in [5, 5.41) is 0. The van der Waals surface area contributed by atoms with Gasteiger partial charge in [-0.05, 0) is 35.0 Å². The molecule has 0 aromatic heterocycles. The monoisotopic (exact) mass is 317 g/mol. The summed E-state index contributed by atoms with van der Waals surface area (Å²) in [4.78, 5) is 24.3. The molecule has 0 unspecified atom stereocenters. The number of carbonyl (C=O) groups is 2. The lowest BCUT2D eigenvalue weighted by molar-refractivity contribution is -0.143. The third-order valence-corrected chi connectivity index (χ3v) is 2.86. The molecule has 0 heterocycles. The number of hydrogen-bond donors (Lipinski definition) is 0. The van der Waals surface area contributed by atoms with Gasteiger partial charge < -0.3 is 9.64 Å². The minimum absolute atomic E-state index is 0.0932. The van der Waals surface area contributed by atoms with Gasteiger partial charge in [-0.15, -0.1) is 0 Å². The standard InChI is InChI=1S/C12H13BrFNO3/c1-3-18-10(16)7-15(2)12(17)11-8(13)5-4-6-9(11)14/h4-6H,3,7H2,1-2H3. The number of likely N-dealkylation sites (N-methyl/N-ethyl adjacent to an activating group) is 1. The number of amides is 1. The summed E-state index contributed by atoms with van der Waals surface area (Å²) < 4.78 is 18.6. The van der Waals surface area contributed by atoms with Crippen LogP contribution in [0, 0.1) is 5.82 Å². The van der Waals surface area contributed by atoms with Gasteiger partial charge in [-0.2, -0.15) is 0 Å². The maximum absolute atomic E-state index is 13.6. The lowest BCUT2D eigenvalue weighted by Crippen LogP contribution is -2.33. The van der Waals surface area contributed by atoms with Crippen LogP contribution in [0.5, 0.6) is 0 Å². The Labute approximate surface area is 113 Å². The van der Waals surface area contributed by atoms with Crippen molar-refractivity contribution < 1.29 is 18.7 Å². The van der Waals surface area contributed by atoms with Crippen LogP contribution in [-0.2, 0) is 9.53 Å². The maximum atomic E-state index is 13.6. The third kappa shape index (κ3) is 3.53. The molecule has 1 rings (SSSR count). The molecule has 0 radical (unpaired) electrons. The summed E-state index contributed by atoms with van der Waals surface area (Å²) in [5.41, 5.74) is -0.0932. The largest absolute Gasteiger partial charge is 0.465 e. The average Bonchev–Trinajstić information content (AvgIpc) is 2.28. The van der Waals surface area contributed by atoms with Gasteiger partial charge in [0.25, 0.3) is 5.91 Å². The van der Waals surface area contributed by atoms with Crippen LogP contribution in [0.2, 0.25) is 0 Å². The zero-order chi connectivity index (χ0) is 13.7. The first kappa shape index (κ1) is 14.6. The van der Waals surface area contributed by atoms with E-state index in [1.54, 1.807) is 13.0 Å². The lowest BCUT2D eigenvalue weighted by atomic mass is 10.2. The number of hydrogen-bond acceptors (Lipinski definition) is 3. The van der Waals surface area contributed by atoms with Gasteiger partial charge in [-0.1, -0.05) is 6.07 Å². The highest BCUT2D eigenvalue weighted by molar-refractivity contribution is 9.10. The van der Waals surface area contributed by atoms with E-state index in [4.69, 9.17) is 4.74 Å². The molecule has 98 valence electrons. The summed E-state index contributed by atoms with van der Waals surface area (Å²) in [7, 11) is 1.41. The molecule has 1 aromatic rings. The SMILES string of the molecule is CCOC(=O)CN(C)C(=O)c1c(F)cccc1Br. The summed E-state index contributed by atoms with van der Waals surface area (Å²) in [6.45, 7) is 1.70. The predicted molar refractivity (Wildman–Crippen MR) is 67.7 cm³/mol. The van der Waals surface area contributed by atoms with Gasteiger partial charge in [0.05, 0.1) is 12.2 Å². The van der Waals surface area contributed by atoms with Crippen molar-refractivity contribution in [2.24, 2.45) is 0 Å². The van der Waals surface area contributed by atoms with Gasteiger partial charge in [0.1, 0.15) is 12.4 Å². The molecule has 0 N–H and O–H groups in total. The van der Waals surface area contributed by atoms with Gasteiger partial charge in [-0.25, -0.2) is 4.39 Å². The predicted octanol–water partition coefficient (Wildman–Crippen LogP) is 2.22. The van der Waals surface area contributed by atoms with E-state index in [-0.39, 0.29) is 18.7 Å². The molecule has 0 spiro atoms. The van der Waals surface area contributed by atoms with Gasteiger partial charge in [0, 0.05) is 11.5 Å². The summed E-state index contributed by atoms with van der Waals surface area (Å²) in [6.07, 6.45) is 0. The van der Waals surface area contributed by atoms with Crippen molar-refractivity contribution in [3.05, 3.63) is 34.1 Å². The Hall–Kier alpha value is -1.43. The first-order chi connectivity index (χ1) is 8.47. The molecule has 6 heteroatoms. The normalized spacial score (nSPS) is 10.0. The molecule has 1 aromatic carbocycles. The summed E-state index contributed by atoms with van der Waals surface area (Å²) in [6, 6.07) is 4.24. The first-order valence-electron chi connectivity index (χ1n) is 5.32. The van der Waals surface area contributed by atoms with E-state index in [1.807, 2.05) is 0 Å². The molecule has 0 atom stereocenters. The van der Waals surface area contributed by atoms with E-state index in [1.165, 1.54) is 19.2 Å². The summed E-state index contributed by atoms with van der Waals surface area (Å²) in [5.74, 6) is -1.74. The Balaban J connectivity index is 2.84. The highest BCUT2D eigenvalue weighted by Gasteiger charge is 2.21. The van der Waals surface area contributed by atoms with Crippen LogP contribution >= 0.6 is 15.9 Å². The highest BCUT2D eigenvalue weighted by Crippen LogP contribution is 2.20. The van der Waals surface area contributed by atoms with Crippen molar-refractivity contribution in [1.29, 1.82) is 0 Å². The number of ether oxygens (including phenoxy) is 1. The van der Waals surface area contributed by atoms with E-state index in [2.05, 4.69) is 15.9 Å². The van der Waals surface area contributed by atoms with Crippen LogP contribution in [0.1, 0.15) is 17.3 Å². The van der Waals surface area contributed by atoms with Crippen molar-refractivity contribution in [3.8, 4) is 0 Å². The van der Waals surface area contributed by atoms with Crippen LogP contribution in [-0.4, -0.2) is 37.0 Å². The van der Waals surface area contributed by atoms with Crippen LogP contribution in [0.25, 0.3) is 0 Å². The highest BCUT2D eigenvalue weighted by atomic mass is 79.9. The van der Waals surface area contributed by atoms with Gasteiger partial charge in [0.15, 0.2) is 0 Å². The van der Waals surface area contributed by atoms with Gasteiger partial charge in [-0.3, -0.25) is 9.59 Å². The first-order valence-corrected chi connectivity index (χ1v) is 6.11. The molecule has 0 saturated carbocycles. The second-order valence-corrected chi connectivity index (χ2v) is 4.42. The molecule has 1 amide bonds. The Kier molecular flexibility index (Phi) is 5.27. The van der Waals surface area contributed by atoms with Gasteiger partial charge >= 0.3 is 5.97 Å². The minimum atomic E-state index is -0.634. The number of benzene rings is 1. The van der Waals surface area contributed by atoms with E-state index in [0.717, 1.165) is 4.90 Å². The fraction of sp³-hybridized carbons (Fsp3) is 0.333. The lowest BCUT2D eigenvalue weighted by Gasteiger charge is -2.17. The van der Waals surface area contributed by atoms with Gasteiger partial charge in [0.2, 0.25) is 0 Å². The topological polar surface area (TPSA) is 46.6 Å². The van der Waals surface area contributed by atoms with Crippen LogP contribution in [0.4, 0.5) is 4.39 Å². The van der Waals surface area contributed by atoms with Crippen molar-refractivity contribution in [3.63, 3.8) is 0 Å². The maximum Gasteiger partial charge on any atom is 0.325 e. The fourth-order valence-corrected chi connectivity index (χ4v) is 1.88. The second-order valence-electron chi connectivity index (χ2n) is 3.56. The Bertz CT molecular complexity index is 444. The van der Waals surface area contributed by atoms with Crippen molar-refractivity contribution in [1.82, 2.24) is 4.90 Å². The molecule has 0 aliphatic heterocycles. The van der Waals surface area contributed by atoms with Crippen LogP contribution in [0.3, 0.4) is 0 Å². The Morgan fingerprint density at radius 2 is 2.11 bits per heavy atom. The minimum Gasteiger partial charge on any atom is -0.465 e. The van der Waals surface area contributed by atoms with Crippen LogP contribution < -0.4 is 0 Å². The molecule has 0 saturated heterocycles. The quantitative estimate of drug-likeness (QED) is 0.800. The molecule has 18 heavy (non-hydrogen) atoms. The van der Waals surface area contributed by atoms with E-state index in [0.29, 0.717) is 4.47 Å².